The van der Waals surface area contributed by atoms with Crippen LogP contribution >= 0.6 is 0 Å². The molecule has 2 aromatic rings. The summed E-state index contributed by atoms with van der Waals surface area (Å²) in [7, 11) is 4.05. The zero-order valence-electron chi connectivity index (χ0n) is 12.7. The number of quaternary nitrogens is 1. The van der Waals surface area contributed by atoms with Crippen LogP contribution in [0.5, 0.6) is 0 Å². The molecule has 2 N–H and O–H groups in total. The fourth-order valence-corrected chi connectivity index (χ4v) is 2.38. The van der Waals surface area contributed by atoms with E-state index in [-0.39, 0.29) is 6.10 Å². The lowest BCUT2D eigenvalue weighted by Crippen LogP contribution is -3.07. The van der Waals surface area contributed by atoms with Crippen LogP contribution in [0.25, 0.3) is 0 Å². The molecule has 0 aromatic heterocycles. The van der Waals surface area contributed by atoms with Gasteiger partial charge in [0, 0.05) is 0 Å². The van der Waals surface area contributed by atoms with Gasteiger partial charge in [0.25, 0.3) is 0 Å². The van der Waals surface area contributed by atoms with Crippen molar-refractivity contribution in [3.8, 4) is 0 Å². The predicted molar refractivity (Wildman–Crippen MR) is 84.4 cm³/mol. The molecule has 1 atom stereocenters. The zero-order valence-corrected chi connectivity index (χ0v) is 12.7. The molecule has 112 valence electrons. The summed E-state index contributed by atoms with van der Waals surface area (Å²) in [5.41, 5.74) is 2.21. The number of ether oxygens (including phenoxy) is 1. The Hall–Kier alpha value is -1.68. The number of benzene rings is 2. The first kappa shape index (κ1) is 15.7. The van der Waals surface area contributed by atoms with Crippen LogP contribution in [0, 0.1) is 0 Å². The van der Waals surface area contributed by atoms with Crippen LogP contribution in [0.2, 0.25) is 0 Å². The number of aliphatic hydroxyl groups is 1. The molecule has 0 spiro atoms. The molecule has 3 heteroatoms. The maximum absolute atomic E-state index is 10.0. The van der Waals surface area contributed by atoms with Crippen molar-refractivity contribution in [1.29, 1.82) is 0 Å². The molecule has 2 aromatic carbocycles. The maximum atomic E-state index is 10.0. The molecule has 0 aliphatic carbocycles. The van der Waals surface area contributed by atoms with E-state index in [1.165, 1.54) is 4.90 Å². The van der Waals surface area contributed by atoms with E-state index in [9.17, 15) is 5.11 Å². The third kappa shape index (κ3) is 4.97. The molecule has 0 bridgehead atoms. The lowest BCUT2D eigenvalue weighted by molar-refractivity contribution is -0.861. The van der Waals surface area contributed by atoms with E-state index in [0.29, 0.717) is 13.2 Å². The van der Waals surface area contributed by atoms with E-state index in [2.05, 4.69) is 24.3 Å². The normalized spacial score (nSPS) is 12.8. The Kier molecular flexibility index (Phi) is 5.93. The molecule has 21 heavy (non-hydrogen) atoms. The first-order chi connectivity index (χ1) is 10.2. The molecule has 0 amide bonds. The first-order valence-corrected chi connectivity index (χ1v) is 7.35. The van der Waals surface area contributed by atoms with Gasteiger partial charge < -0.3 is 14.7 Å². The fourth-order valence-electron chi connectivity index (χ4n) is 2.38. The second-order valence-electron chi connectivity index (χ2n) is 5.60. The van der Waals surface area contributed by atoms with Gasteiger partial charge in [-0.05, 0) is 11.1 Å². The summed E-state index contributed by atoms with van der Waals surface area (Å²) in [5, 5.41) is 10.0. The Morgan fingerprint density at radius 2 is 1.38 bits per heavy atom. The van der Waals surface area contributed by atoms with Gasteiger partial charge in [0.05, 0.1) is 20.7 Å². The van der Waals surface area contributed by atoms with Crippen molar-refractivity contribution >= 4 is 0 Å². The molecule has 0 unspecified atom stereocenters. The van der Waals surface area contributed by atoms with Gasteiger partial charge in [-0.3, -0.25) is 0 Å². The second kappa shape index (κ2) is 7.93. The second-order valence-corrected chi connectivity index (χ2v) is 5.60. The van der Waals surface area contributed by atoms with Gasteiger partial charge in [-0.2, -0.15) is 0 Å². The van der Waals surface area contributed by atoms with Gasteiger partial charge >= 0.3 is 0 Å². The molecule has 0 aliphatic rings. The van der Waals surface area contributed by atoms with Crippen molar-refractivity contribution in [1.82, 2.24) is 0 Å². The largest absolute Gasteiger partial charge is 0.385 e. The SMILES string of the molecule is C[NH+](C)C[C@@H](O)COC(c1ccccc1)c1ccccc1. The van der Waals surface area contributed by atoms with E-state index < -0.39 is 6.10 Å². The Morgan fingerprint density at radius 1 is 0.905 bits per heavy atom. The number of nitrogens with one attached hydrogen (secondary N) is 1. The van der Waals surface area contributed by atoms with Crippen molar-refractivity contribution in [3.63, 3.8) is 0 Å². The third-order valence-electron chi connectivity index (χ3n) is 3.30. The summed E-state index contributed by atoms with van der Waals surface area (Å²) >= 11 is 0. The summed E-state index contributed by atoms with van der Waals surface area (Å²) in [6, 6.07) is 20.3. The lowest BCUT2D eigenvalue weighted by atomic mass is 10.0. The third-order valence-corrected chi connectivity index (χ3v) is 3.30. The monoisotopic (exact) mass is 286 g/mol. The molecule has 0 saturated carbocycles. The topological polar surface area (TPSA) is 33.9 Å². The minimum atomic E-state index is -0.454. The number of aliphatic hydroxyl groups excluding tert-OH is 1. The smallest absolute Gasteiger partial charge is 0.126 e. The zero-order chi connectivity index (χ0) is 15.1. The van der Waals surface area contributed by atoms with Crippen LogP contribution < -0.4 is 4.90 Å². The van der Waals surface area contributed by atoms with Gasteiger partial charge in [0.1, 0.15) is 18.8 Å². The molecular weight excluding hydrogens is 262 g/mol. The number of hydrogen-bond donors (Lipinski definition) is 2. The van der Waals surface area contributed by atoms with Crippen molar-refractivity contribution < 1.29 is 14.7 Å². The minimum absolute atomic E-state index is 0.140. The minimum Gasteiger partial charge on any atom is -0.385 e. The van der Waals surface area contributed by atoms with Crippen molar-refractivity contribution in [3.05, 3.63) is 71.8 Å². The molecular formula is C18H24NO2+. The molecule has 3 nitrogen and oxygen atoms in total. The summed E-state index contributed by atoms with van der Waals surface area (Å²) < 4.78 is 6.01. The molecule has 0 fully saturated rings. The van der Waals surface area contributed by atoms with Crippen LogP contribution in [-0.4, -0.2) is 38.5 Å². The summed E-state index contributed by atoms with van der Waals surface area (Å²) in [4.78, 5) is 1.21. The molecule has 2 rings (SSSR count). The lowest BCUT2D eigenvalue weighted by Gasteiger charge is -2.21. The van der Waals surface area contributed by atoms with Gasteiger partial charge in [-0.1, -0.05) is 60.7 Å². The van der Waals surface area contributed by atoms with E-state index in [1.54, 1.807) is 0 Å². The standard InChI is InChI=1S/C18H23NO2/c1-19(2)13-17(20)14-21-18(15-9-5-3-6-10-15)16-11-7-4-8-12-16/h3-12,17-18,20H,13-14H2,1-2H3/p+1/t17-/m1/s1. The van der Waals surface area contributed by atoms with E-state index in [4.69, 9.17) is 4.74 Å². The quantitative estimate of drug-likeness (QED) is 0.804. The summed E-state index contributed by atoms with van der Waals surface area (Å²) in [5.74, 6) is 0. The molecule has 0 aliphatic heterocycles. The fraction of sp³-hybridized carbons (Fsp3) is 0.333. The van der Waals surface area contributed by atoms with Crippen LogP contribution in [0.1, 0.15) is 17.2 Å². The number of hydrogen-bond acceptors (Lipinski definition) is 2. The Labute approximate surface area is 126 Å². The van der Waals surface area contributed by atoms with Gasteiger partial charge in [0.15, 0.2) is 0 Å². The van der Waals surface area contributed by atoms with Crippen molar-refractivity contribution in [2.75, 3.05) is 27.2 Å². The van der Waals surface area contributed by atoms with Crippen LogP contribution in [0.3, 0.4) is 0 Å². The highest BCUT2D eigenvalue weighted by molar-refractivity contribution is 5.29. The number of likely N-dealkylation sites (N-methyl/N-ethyl adjacent to an activating group) is 1. The van der Waals surface area contributed by atoms with E-state index >= 15 is 0 Å². The van der Waals surface area contributed by atoms with Gasteiger partial charge in [-0.25, -0.2) is 0 Å². The molecule has 0 saturated heterocycles. The van der Waals surface area contributed by atoms with Crippen molar-refractivity contribution in [2.45, 2.75) is 12.2 Å². The van der Waals surface area contributed by atoms with Gasteiger partial charge in [0.2, 0.25) is 0 Å². The predicted octanol–water partition coefficient (Wildman–Crippen LogP) is 1.30. The molecule has 0 radical (unpaired) electrons. The summed E-state index contributed by atoms with van der Waals surface area (Å²) in [6.45, 7) is 1.01. The molecule has 0 heterocycles. The van der Waals surface area contributed by atoms with E-state index in [0.717, 1.165) is 11.1 Å². The maximum Gasteiger partial charge on any atom is 0.126 e. The van der Waals surface area contributed by atoms with Gasteiger partial charge in [-0.15, -0.1) is 0 Å². The summed E-state index contributed by atoms with van der Waals surface area (Å²) in [6.07, 6.45) is -0.593. The van der Waals surface area contributed by atoms with Crippen molar-refractivity contribution in [2.24, 2.45) is 0 Å². The highest BCUT2D eigenvalue weighted by Gasteiger charge is 2.17. The Morgan fingerprint density at radius 3 is 1.81 bits per heavy atom. The van der Waals surface area contributed by atoms with E-state index in [1.807, 2.05) is 50.5 Å². The first-order valence-electron chi connectivity index (χ1n) is 7.35. The highest BCUT2D eigenvalue weighted by atomic mass is 16.5. The Bertz CT molecular complexity index is 474. The average molecular weight is 286 g/mol. The Balaban J connectivity index is 2.10. The van der Waals surface area contributed by atoms with Crippen LogP contribution in [0.15, 0.2) is 60.7 Å². The average Bonchev–Trinajstić information content (AvgIpc) is 2.49. The number of rotatable bonds is 7. The van der Waals surface area contributed by atoms with Crippen LogP contribution in [0.4, 0.5) is 0 Å². The highest BCUT2D eigenvalue weighted by Crippen LogP contribution is 2.25. The van der Waals surface area contributed by atoms with Crippen LogP contribution in [-0.2, 0) is 4.74 Å².